The predicted molar refractivity (Wildman–Crippen MR) is 134 cm³/mol. The van der Waals surface area contributed by atoms with Gasteiger partial charge in [-0.05, 0) is 50.6 Å². The molecule has 2 heterocycles. The summed E-state index contributed by atoms with van der Waals surface area (Å²) in [5.74, 6) is -0.457. The lowest BCUT2D eigenvalue weighted by molar-refractivity contribution is -0.133. The molecule has 36 heavy (non-hydrogen) atoms. The van der Waals surface area contributed by atoms with Gasteiger partial charge in [-0.2, -0.15) is 0 Å². The number of likely N-dealkylation sites (N-methyl/N-ethyl adjacent to an activating group) is 1. The number of hydrogen-bond acceptors (Lipinski definition) is 5. The molecule has 2 aromatic carbocycles. The molecule has 2 aliphatic rings. The van der Waals surface area contributed by atoms with Gasteiger partial charge >= 0.3 is 0 Å². The van der Waals surface area contributed by atoms with Crippen LogP contribution in [0.15, 0.2) is 54.6 Å². The van der Waals surface area contributed by atoms with Crippen molar-refractivity contribution in [2.24, 2.45) is 0 Å². The number of rotatable bonds is 2. The normalized spacial score (nSPS) is 25.2. The van der Waals surface area contributed by atoms with E-state index in [0.717, 1.165) is 0 Å². The van der Waals surface area contributed by atoms with Crippen LogP contribution in [0.25, 0.3) is 0 Å². The number of carbonyl (C=O) groups excluding carboxylic acids is 4. The Labute approximate surface area is 210 Å². The van der Waals surface area contributed by atoms with E-state index in [-0.39, 0.29) is 48.7 Å². The lowest BCUT2D eigenvalue weighted by Gasteiger charge is -2.27. The van der Waals surface area contributed by atoms with Crippen LogP contribution in [0.3, 0.4) is 0 Å². The van der Waals surface area contributed by atoms with E-state index < -0.39 is 12.1 Å². The Balaban J connectivity index is 1.56. The third-order valence-corrected chi connectivity index (χ3v) is 6.78. The highest BCUT2D eigenvalue weighted by atomic mass is 16.5. The Morgan fingerprint density at radius 1 is 1.06 bits per heavy atom. The summed E-state index contributed by atoms with van der Waals surface area (Å²) in [4.78, 5) is 54.8. The van der Waals surface area contributed by atoms with Crippen LogP contribution in [0, 0.1) is 0 Å². The van der Waals surface area contributed by atoms with Gasteiger partial charge in [-0.15, -0.1) is 0 Å². The summed E-state index contributed by atoms with van der Waals surface area (Å²) >= 11 is 0. The lowest BCUT2D eigenvalue weighted by atomic mass is 10.1. The summed E-state index contributed by atoms with van der Waals surface area (Å²) in [7, 11) is 1.58. The molecule has 2 bridgehead atoms. The lowest BCUT2D eigenvalue weighted by Crippen LogP contribution is -2.49. The first-order valence-corrected chi connectivity index (χ1v) is 12.2. The van der Waals surface area contributed by atoms with Crippen LogP contribution >= 0.6 is 0 Å². The number of amides is 4. The highest BCUT2D eigenvalue weighted by Gasteiger charge is 2.37. The largest absolute Gasteiger partial charge is 0.491 e. The van der Waals surface area contributed by atoms with Crippen molar-refractivity contribution in [3.8, 4) is 5.75 Å². The fraction of sp³-hybridized carbons (Fsp3) is 0.407. The van der Waals surface area contributed by atoms with Gasteiger partial charge in [-0.25, -0.2) is 0 Å². The van der Waals surface area contributed by atoms with Crippen LogP contribution in [0.4, 0.5) is 0 Å². The third-order valence-electron chi connectivity index (χ3n) is 6.78. The first-order chi connectivity index (χ1) is 17.2. The Morgan fingerprint density at radius 3 is 2.56 bits per heavy atom. The maximum absolute atomic E-state index is 13.3. The molecule has 1 saturated heterocycles. The molecule has 0 saturated carbocycles. The van der Waals surface area contributed by atoms with Gasteiger partial charge in [0, 0.05) is 43.2 Å². The second kappa shape index (κ2) is 10.8. The molecule has 190 valence electrons. The molecule has 1 fully saturated rings. The molecule has 0 radical (unpaired) electrons. The van der Waals surface area contributed by atoms with Crippen molar-refractivity contribution in [2.75, 3.05) is 20.2 Å². The molecular weight excluding hydrogens is 460 g/mol. The number of carbonyl (C=O) groups is 4. The molecule has 0 aromatic heterocycles. The van der Waals surface area contributed by atoms with Gasteiger partial charge in [-0.3, -0.25) is 19.2 Å². The Kier molecular flexibility index (Phi) is 7.57. The van der Waals surface area contributed by atoms with Crippen molar-refractivity contribution in [3.63, 3.8) is 0 Å². The zero-order chi connectivity index (χ0) is 25.8. The van der Waals surface area contributed by atoms with Crippen molar-refractivity contribution in [2.45, 2.75) is 50.9 Å². The van der Waals surface area contributed by atoms with Crippen LogP contribution in [0.5, 0.6) is 5.75 Å². The predicted octanol–water partition coefficient (Wildman–Crippen LogP) is 1.83. The van der Waals surface area contributed by atoms with E-state index in [1.165, 1.54) is 4.90 Å². The van der Waals surface area contributed by atoms with Crippen LogP contribution in [0.2, 0.25) is 0 Å². The van der Waals surface area contributed by atoms with E-state index in [0.29, 0.717) is 29.8 Å². The Hall–Kier alpha value is -3.88. The van der Waals surface area contributed by atoms with E-state index in [1.54, 1.807) is 74.3 Å². The molecule has 9 nitrogen and oxygen atoms in total. The molecule has 0 aliphatic carbocycles. The fourth-order valence-corrected chi connectivity index (χ4v) is 4.60. The average Bonchev–Trinajstić information content (AvgIpc) is 3.28. The van der Waals surface area contributed by atoms with Gasteiger partial charge in [0.05, 0.1) is 6.04 Å². The molecule has 4 amide bonds. The SMILES string of the molecule is C[C@H]1CC(=O)N2C[C@H](NC(=O)c3ccccc3)C[C@H]2COc2cccc(c2)C(=O)N(C)[C@@H](C)C(=O)N1. The molecule has 0 spiro atoms. The smallest absolute Gasteiger partial charge is 0.254 e. The van der Waals surface area contributed by atoms with Crippen LogP contribution in [-0.2, 0) is 9.59 Å². The Morgan fingerprint density at radius 2 is 1.81 bits per heavy atom. The summed E-state index contributed by atoms with van der Waals surface area (Å²) < 4.78 is 6.02. The van der Waals surface area contributed by atoms with E-state index in [1.807, 2.05) is 6.07 Å². The summed E-state index contributed by atoms with van der Waals surface area (Å²) in [6.07, 6.45) is 0.628. The van der Waals surface area contributed by atoms with Gasteiger partial charge in [0.1, 0.15) is 18.4 Å². The van der Waals surface area contributed by atoms with E-state index >= 15 is 0 Å². The third kappa shape index (κ3) is 5.67. The number of hydrogen-bond donors (Lipinski definition) is 2. The topological polar surface area (TPSA) is 108 Å². The average molecular weight is 493 g/mol. The minimum absolute atomic E-state index is 0.0969. The minimum Gasteiger partial charge on any atom is -0.491 e. The highest BCUT2D eigenvalue weighted by molar-refractivity contribution is 5.97. The molecule has 2 aromatic rings. The first kappa shape index (κ1) is 25.2. The van der Waals surface area contributed by atoms with Crippen molar-refractivity contribution in [3.05, 3.63) is 65.7 Å². The number of nitrogens with one attached hydrogen (secondary N) is 2. The first-order valence-electron chi connectivity index (χ1n) is 12.2. The molecule has 0 unspecified atom stereocenters. The van der Waals surface area contributed by atoms with Crippen molar-refractivity contribution in [1.82, 2.24) is 20.4 Å². The quantitative estimate of drug-likeness (QED) is 0.665. The van der Waals surface area contributed by atoms with E-state index in [9.17, 15) is 19.2 Å². The minimum atomic E-state index is -0.720. The van der Waals surface area contributed by atoms with Crippen molar-refractivity contribution in [1.29, 1.82) is 0 Å². The zero-order valence-electron chi connectivity index (χ0n) is 20.8. The van der Waals surface area contributed by atoms with Crippen molar-refractivity contribution < 1.29 is 23.9 Å². The molecule has 4 rings (SSSR count). The number of benzene rings is 2. The summed E-state index contributed by atoms with van der Waals surface area (Å²) in [6, 6.07) is 14.1. The molecular formula is C27H32N4O5. The molecule has 4 atom stereocenters. The zero-order valence-corrected chi connectivity index (χ0v) is 20.8. The maximum atomic E-state index is 13.3. The molecule has 2 N–H and O–H groups in total. The molecule has 2 aliphatic heterocycles. The van der Waals surface area contributed by atoms with Crippen LogP contribution in [0.1, 0.15) is 47.4 Å². The fourth-order valence-electron chi connectivity index (χ4n) is 4.60. The van der Waals surface area contributed by atoms with Gasteiger partial charge in [0.2, 0.25) is 11.8 Å². The number of ether oxygens (including phenoxy) is 1. The highest BCUT2D eigenvalue weighted by Crippen LogP contribution is 2.23. The van der Waals surface area contributed by atoms with Gasteiger partial charge in [0.15, 0.2) is 0 Å². The molecule has 9 heteroatoms. The Bertz CT molecular complexity index is 1140. The summed E-state index contributed by atoms with van der Waals surface area (Å²) in [5, 5.41) is 5.88. The van der Waals surface area contributed by atoms with Crippen LogP contribution in [-0.4, -0.2) is 77.8 Å². The van der Waals surface area contributed by atoms with Gasteiger partial charge < -0.3 is 25.2 Å². The van der Waals surface area contributed by atoms with Crippen LogP contribution < -0.4 is 15.4 Å². The number of nitrogens with zero attached hydrogens (tertiary/aromatic N) is 2. The maximum Gasteiger partial charge on any atom is 0.254 e. The van der Waals surface area contributed by atoms with Gasteiger partial charge in [0.25, 0.3) is 11.8 Å². The number of fused-ring (bicyclic) bond motifs is 3. The van der Waals surface area contributed by atoms with Gasteiger partial charge in [-0.1, -0.05) is 24.3 Å². The van der Waals surface area contributed by atoms with Crippen molar-refractivity contribution >= 4 is 23.6 Å². The standard InChI is InChI=1S/C27H32N4O5/c1-17-12-24(32)31-15-21(29-26(34)19-8-5-4-6-9-19)14-22(31)16-36-23-11-7-10-20(13-23)27(35)30(3)18(2)25(33)28-17/h4-11,13,17-18,21-22H,12,14-16H2,1-3H3,(H,28,33)(H,29,34)/t17-,18-,21+,22-/m0/s1. The second-order valence-electron chi connectivity index (χ2n) is 9.52. The monoisotopic (exact) mass is 492 g/mol. The second-order valence-corrected chi connectivity index (χ2v) is 9.52. The van der Waals surface area contributed by atoms with E-state index in [2.05, 4.69) is 10.6 Å². The summed E-state index contributed by atoms with van der Waals surface area (Å²) in [6.45, 7) is 3.98. The summed E-state index contributed by atoms with van der Waals surface area (Å²) in [5.41, 5.74) is 0.964. The van der Waals surface area contributed by atoms with E-state index in [4.69, 9.17) is 4.74 Å².